The van der Waals surface area contributed by atoms with Crippen LogP contribution in [0, 0.1) is 11.8 Å². The van der Waals surface area contributed by atoms with Crippen LogP contribution in [-0.4, -0.2) is 17.5 Å². The van der Waals surface area contributed by atoms with E-state index in [1.165, 1.54) is 0 Å². The molecule has 0 aromatic carbocycles. The second-order valence-electron chi connectivity index (χ2n) is 4.35. The van der Waals surface area contributed by atoms with Crippen LogP contribution in [0.1, 0.15) is 53.9 Å². The first-order chi connectivity index (χ1) is 6.50. The molecule has 0 aromatic heterocycles. The quantitative estimate of drug-likeness (QED) is 0.642. The van der Waals surface area contributed by atoms with Crippen molar-refractivity contribution in [3.8, 4) is 0 Å². The first-order valence-electron chi connectivity index (χ1n) is 5.86. The van der Waals surface area contributed by atoms with E-state index in [1.807, 2.05) is 20.8 Å². The second-order valence-corrected chi connectivity index (χ2v) is 4.35. The van der Waals surface area contributed by atoms with E-state index in [9.17, 15) is 5.11 Å². The van der Waals surface area contributed by atoms with E-state index in [2.05, 4.69) is 13.8 Å². The molecule has 2 heteroatoms. The van der Waals surface area contributed by atoms with Gasteiger partial charge in [-0.25, -0.2) is 0 Å². The standard InChI is InChI=1S/C12H26O2/c1-6-11(7-2)9-14-12(13,8-3)10(4)5/h10-11,13H,6-9H2,1-5H3. The van der Waals surface area contributed by atoms with Crippen molar-refractivity contribution in [2.24, 2.45) is 11.8 Å². The number of hydrogen-bond donors (Lipinski definition) is 1. The van der Waals surface area contributed by atoms with Gasteiger partial charge < -0.3 is 9.84 Å². The van der Waals surface area contributed by atoms with Crippen molar-refractivity contribution in [1.82, 2.24) is 0 Å². The van der Waals surface area contributed by atoms with E-state index in [0.29, 0.717) is 18.9 Å². The zero-order valence-corrected chi connectivity index (χ0v) is 10.3. The summed E-state index contributed by atoms with van der Waals surface area (Å²) in [5.41, 5.74) is 0. The highest BCUT2D eigenvalue weighted by Crippen LogP contribution is 2.24. The van der Waals surface area contributed by atoms with Gasteiger partial charge in [0, 0.05) is 5.92 Å². The molecule has 14 heavy (non-hydrogen) atoms. The highest BCUT2D eigenvalue weighted by Gasteiger charge is 2.30. The van der Waals surface area contributed by atoms with Crippen LogP contribution < -0.4 is 0 Å². The molecule has 0 aromatic rings. The summed E-state index contributed by atoms with van der Waals surface area (Å²) >= 11 is 0. The van der Waals surface area contributed by atoms with Gasteiger partial charge >= 0.3 is 0 Å². The lowest BCUT2D eigenvalue weighted by molar-refractivity contribution is -0.237. The molecule has 0 bridgehead atoms. The third-order valence-electron chi connectivity index (χ3n) is 3.13. The Hall–Kier alpha value is -0.0800. The molecule has 2 nitrogen and oxygen atoms in total. The van der Waals surface area contributed by atoms with E-state index in [1.54, 1.807) is 0 Å². The molecular weight excluding hydrogens is 176 g/mol. The Kier molecular flexibility index (Phi) is 6.38. The summed E-state index contributed by atoms with van der Waals surface area (Å²) < 4.78 is 5.64. The average molecular weight is 202 g/mol. The minimum absolute atomic E-state index is 0.155. The molecule has 0 radical (unpaired) electrons. The van der Waals surface area contributed by atoms with Gasteiger partial charge in [0.05, 0.1) is 6.61 Å². The van der Waals surface area contributed by atoms with Crippen molar-refractivity contribution in [3.05, 3.63) is 0 Å². The van der Waals surface area contributed by atoms with Crippen LogP contribution in [0.4, 0.5) is 0 Å². The summed E-state index contributed by atoms with van der Waals surface area (Å²) in [6.07, 6.45) is 2.90. The monoisotopic (exact) mass is 202 g/mol. The van der Waals surface area contributed by atoms with Gasteiger partial charge in [-0.15, -0.1) is 0 Å². The fourth-order valence-electron chi connectivity index (χ4n) is 1.46. The molecule has 0 spiro atoms. The molecule has 0 rings (SSSR count). The molecule has 0 aliphatic heterocycles. The predicted octanol–water partition coefficient (Wildman–Crippen LogP) is 3.19. The maximum Gasteiger partial charge on any atom is 0.167 e. The summed E-state index contributed by atoms with van der Waals surface area (Å²) in [7, 11) is 0. The van der Waals surface area contributed by atoms with Crippen molar-refractivity contribution in [1.29, 1.82) is 0 Å². The van der Waals surface area contributed by atoms with E-state index in [-0.39, 0.29) is 5.92 Å². The third kappa shape index (κ3) is 3.97. The minimum Gasteiger partial charge on any atom is -0.365 e. The van der Waals surface area contributed by atoms with Crippen LogP contribution in [0.2, 0.25) is 0 Å². The second kappa shape index (κ2) is 6.41. The van der Waals surface area contributed by atoms with Gasteiger partial charge in [-0.1, -0.05) is 47.5 Å². The van der Waals surface area contributed by atoms with Crippen LogP contribution in [-0.2, 0) is 4.74 Å². The third-order valence-corrected chi connectivity index (χ3v) is 3.13. The summed E-state index contributed by atoms with van der Waals surface area (Å²) in [6, 6.07) is 0. The molecule has 0 aliphatic rings. The highest BCUT2D eigenvalue weighted by molar-refractivity contribution is 4.70. The summed E-state index contributed by atoms with van der Waals surface area (Å²) in [5, 5.41) is 10.1. The van der Waals surface area contributed by atoms with Gasteiger partial charge in [0.2, 0.25) is 0 Å². The van der Waals surface area contributed by atoms with E-state index < -0.39 is 5.79 Å². The van der Waals surface area contributed by atoms with Gasteiger partial charge in [0.15, 0.2) is 5.79 Å². The molecule has 0 fully saturated rings. The molecule has 0 aliphatic carbocycles. The first kappa shape index (κ1) is 13.9. The highest BCUT2D eigenvalue weighted by atomic mass is 16.6. The first-order valence-corrected chi connectivity index (χ1v) is 5.86. The number of hydrogen-bond acceptors (Lipinski definition) is 2. The Morgan fingerprint density at radius 2 is 1.64 bits per heavy atom. The Morgan fingerprint density at radius 3 is 1.93 bits per heavy atom. The Labute approximate surface area is 88.7 Å². The van der Waals surface area contributed by atoms with Gasteiger partial charge in [-0.05, 0) is 12.3 Å². The lowest BCUT2D eigenvalue weighted by Crippen LogP contribution is -2.38. The molecular formula is C12H26O2. The molecule has 1 N–H and O–H groups in total. The molecule has 0 amide bonds. The Morgan fingerprint density at radius 1 is 1.14 bits per heavy atom. The number of aliphatic hydroxyl groups is 1. The Balaban J connectivity index is 4.06. The van der Waals surface area contributed by atoms with Crippen molar-refractivity contribution >= 4 is 0 Å². The summed E-state index contributed by atoms with van der Waals surface area (Å²) in [6.45, 7) is 11.0. The van der Waals surface area contributed by atoms with Crippen LogP contribution in [0.3, 0.4) is 0 Å². The zero-order valence-electron chi connectivity index (χ0n) is 10.3. The predicted molar refractivity (Wildman–Crippen MR) is 60.1 cm³/mol. The van der Waals surface area contributed by atoms with Gasteiger partial charge in [-0.2, -0.15) is 0 Å². The fraction of sp³-hybridized carbons (Fsp3) is 1.00. The van der Waals surface area contributed by atoms with Crippen molar-refractivity contribution in [2.75, 3.05) is 6.61 Å². The Bertz CT molecular complexity index is 141. The molecule has 1 atom stereocenters. The summed E-state index contributed by atoms with van der Waals surface area (Å²) in [5.74, 6) is -0.198. The number of ether oxygens (including phenoxy) is 1. The maximum absolute atomic E-state index is 10.1. The van der Waals surface area contributed by atoms with E-state index in [0.717, 1.165) is 12.8 Å². The van der Waals surface area contributed by atoms with E-state index in [4.69, 9.17) is 4.74 Å². The lowest BCUT2D eigenvalue weighted by Gasteiger charge is -2.32. The summed E-state index contributed by atoms with van der Waals surface area (Å²) in [4.78, 5) is 0. The average Bonchev–Trinajstić information content (AvgIpc) is 2.18. The maximum atomic E-state index is 10.1. The SMILES string of the molecule is CCC(CC)COC(O)(CC)C(C)C. The van der Waals surface area contributed by atoms with Crippen molar-refractivity contribution < 1.29 is 9.84 Å². The van der Waals surface area contributed by atoms with Gasteiger partial charge in [0.1, 0.15) is 0 Å². The molecule has 1 unspecified atom stereocenters. The van der Waals surface area contributed by atoms with Crippen LogP contribution in [0.25, 0.3) is 0 Å². The molecule has 0 saturated heterocycles. The fourth-order valence-corrected chi connectivity index (χ4v) is 1.46. The lowest BCUT2D eigenvalue weighted by atomic mass is 9.99. The van der Waals surface area contributed by atoms with Crippen molar-refractivity contribution in [3.63, 3.8) is 0 Å². The number of rotatable bonds is 7. The normalized spacial score (nSPS) is 16.3. The smallest absolute Gasteiger partial charge is 0.167 e. The van der Waals surface area contributed by atoms with Crippen LogP contribution in [0.15, 0.2) is 0 Å². The largest absolute Gasteiger partial charge is 0.365 e. The zero-order chi connectivity index (χ0) is 11.2. The molecule has 0 saturated carbocycles. The van der Waals surface area contributed by atoms with Gasteiger partial charge in [-0.3, -0.25) is 0 Å². The molecule has 86 valence electrons. The van der Waals surface area contributed by atoms with E-state index >= 15 is 0 Å². The minimum atomic E-state index is -0.928. The van der Waals surface area contributed by atoms with Crippen molar-refractivity contribution in [2.45, 2.75) is 59.7 Å². The van der Waals surface area contributed by atoms with Crippen LogP contribution >= 0.6 is 0 Å². The molecule has 0 heterocycles. The van der Waals surface area contributed by atoms with Gasteiger partial charge in [0.25, 0.3) is 0 Å². The van der Waals surface area contributed by atoms with Crippen LogP contribution in [0.5, 0.6) is 0 Å². The topological polar surface area (TPSA) is 29.5 Å².